The molecule has 106 valence electrons. The molecule has 0 heterocycles. The predicted molar refractivity (Wildman–Crippen MR) is 76.0 cm³/mol. The summed E-state index contributed by atoms with van der Waals surface area (Å²) in [4.78, 5) is 11.7. The lowest BCUT2D eigenvalue weighted by Gasteiger charge is -2.10. The number of hydrogen-bond donors (Lipinski definition) is 2. The zero-order valence-electron chi connectivity index (χ0n) is 11.8. The van der Waals surface area contributed by atoms with Crippen molar-refractivity contribution in [3.8, 4) is 11.5 Å². The van der Waals surface area contributed by atoms with Gasteiger partial charge in [-0.05, 0) is 31.6 Å². The summed E-state index contributed by atoms with van der Waals surface area (Å²) in [7, 11) is 3.15. The Hall–Kier alpha value is -1.75. The molecule has 2 N–H and O–H groups in total. The molecule has 0 radical (unpaired) electrons. The summed E-state index contributed by atoms with van der Waals surface area (Å²) in [6.07, 6.45) is 1.33. The minimum atomic E-state index is 0.00474. The van der Waals surface area contributed by atoms with Crippen LogP contribution in [-0.2, 0) is 4.79 Å². The maximum Gasteiger partial charge on any atom is 0.224 e. The van der Waals surface area contributed by atoms with Gasteiger partial charge in [-0.1, -0.05) is 6.92 Å². The molecule has 0 aromatic heterocycles. The number of anilines is 1. The summed E-state index contributed by atoms with van der Waals surface area (Å²) in [5, 5.41) is 6.03. The van der Waals surface area contributed by atoms with E-state index in [9.17, 15) is 4.79 Å². The average molecular weight is 266 g/mol. The van der Waals surface area contributed by atoms with Crippen molar-refractivity contribution in [1.29, 1.82) is 0 Å². The van der Waals surface area contributed by atoms with Crippen LogP contribution >= 0.6 is 0 Å². The van der Waals surface area contributed by atoms with Crippen LogP contribution in [0.2, 0.25) is 0 Å². The monoisotopic (exact) mass is 266 g/mol. The Morgan fingerprint density at radius 3 is 2.58 bits per heavy atom. The van der Waals surface area contributed by atoms with E-state index in [-0.39, 0.29) is 5.91 Å². The van der Waals surface area contributed by atoms with Gasteiger partial charge in [-0.3, -0.25) is 4.79 Å². The van der Waals surface area contributed by atoms with Crippen molar-refractivity contribution in [3.63, 3.8) is 0 Å². The molecule has 0 aliphatic carbocycles. The van der Waals surface area contributed by atoms with Crippen molar-refractivity contribution in [3.05, 3.63) is 18.2 Å². The quantitative estimate of drug-likeness (QED) is 0.707. The van der Waals surface area contributed by atoms with Gasteiger partial charge in [0.1, 0.15) is 0 Å². The standard InChI is InChI=1S/C14H22N2O3/c1-4-15-9-5-6-14(17)16-11-7-8-12(18-2)13(10-11)19-3/h7-8,10,15H,4-6,9H2,1-3H3,(H,16,17). The molecule has 19 heavy (non-hydrogen) atoms. The normalized spacial score (nSPS) is 10.1. The van der Waals surface area contributed by atoms with Gasteiger partial charge in [0.05, 0.1) is 14.2 Å². The number of nitrogens with one attached hydrogen (secondary N) is 2. The SMILES string of the molecule is CCNCCCC(=O)Nc1ccc(OC)c(OC)c1. The Morgan fingerprint density at radius 1 is 1.21 bits per heavy atom. The second kappa shape index (κ2) is 8.37. The molecule has 0 atom stereocenters. The Bertz CT molecular complexity index is 408. The second-order valence-corrected chi connectivity index (χ2v) is 4.08. The molecular weight excluding hydrogens is 244 g/mol. The highest BCUT2D eigenvalue weighted by Gasteiger charge is 2.07. The number of carbonyl (C=O) groups excluding carboxylic acids is 1. The van der Waals surface area contributed by atoms with E-state index in [1.807, 2.05) is 6.92 Å². The minimum absolute atomic E-state index is 0.00474. The third-order valence-electron chi connectivity index (χ3n) is 2.67. The summed E-state index contributed by atoms with van der Waals surface area (Å²) in [5.41, 5.74) is 0.714. The van der Waals surface area contributed by atoms with E-state index in [1.165, 1.54) is 0 Å². The summed E-state index contributed by atoms with van der Waals surface area (Å²) >= 11 is 0. The van der Waals surface area contributed by atoms with E-state index in [2.05, 4.69) is 10.6 Å². The van der Waals surface area contributed by atoms with Gasteiger partial charge in [0, 0.05) is 18.2 Å². The van der Waals surface area contributed by atoms with E-state index in [0.717, 1.165) is 19.5 Å². The fourth-order valence-electron chi connectivity index (χ4n) is 1.69. The van der Waals surface area contributed by atoms with Crippen LogP contribution in [0.25, 0.3) is 0 Å². The summed E-state index contributed by atoms with van der Waals surface area (Å²) in [6.45, 7) is 3.83. The highest BCUT2D eigenvalue weighted by molar-refractivity contribution is 5.91. The lowest BCUT2D eigenvalue weighted by Crippen LogP contribution is -2.17. The van der Waals surface area contributed by atoms with Gasteiger partial charge < -0.3 is 20.1 Å². The molecule has 0 aliphatic rings. The maximum atomic E-state index is 11.7. The van der Waals surface area contributed by atoms with Crippen molar-refractivity contribution < 1.29 is 14.3 Å². The molecular formula is C14H22N2O3. The Balaban J connectivity index is 2.50. The summed E-state index contributed by atoms with van der Waals surface area (Å²) in [6, 6.07) is 5.32. The third kappa shape index (κ3) is 5.18. The zero-order valence-corrected chi connectivity index (χ0v) is 11.8. The van der Waals surface area contributed by atoms with Crippen molar-refractivity contribution in [2.45, 2.75) is 19.8 Å². The lowest BCUT2D eigenvalue weighted by atomic mass is 10.2. The molecule has 0 fully saturated rings. The first-order chi connectivity index (χ1) is 9.21. The Kier molecular flexibility index (Phi) is 6.74. The largest absolute Gasteiger partial charge is 0.493 e. The molecule has 0 unspecified atom stereocenters. The van der Waals surface area contributed by atoms with Gasteiger partial charge in [0.15, 0.2) is 11.5 Å². The van der Waals surface area contributed by atoms with E-state index >= 15 is 0 Å². The minimum Gasteiger partial charge on any atom is -0.493 e. The van der Waals surface area contributed by atoms with E-state index < -0.39 is 0 Å². The molecule has 0 bridgehead atoms. The van der Waals surface area contributed by atoms with Gasteiger partial charge in [-0.2, -0.15) is 0 Å². The second-order valence-electron chi connectivity index (χ2n) is 4.08. The number of rotatable bonds is 8. The van der Waals surface area contributed by atoms with Crippen LogP contribution < -0.4 is 20.1 Å². The fourth-order valence-corrected chi connectivity index (χ4v) is 1.69. The number of carbonyl (C=O) groups is 1. The predicted octanol–water partition coefficient (Wildman–Crippen LogP) is 2.03. The van der Waals surface area contributed by atoms with Gasteiger partial charge in [0.25, 0.3) is 0 Å². The van der Waals surface area contributed by atoms with Crippen LogP contribution in [0.4, 0.5) is 5.69 Å². The molecule has 5 nitrogen and oxygen atoms in total. The van der Waals surface area contributed by atoms with Crippen LogP contribution in [-0.4, -0.2) is 33.2 Å². The van der Waals surface area contributed by atoms with Crippen molar-refractivity contribution in [2.24, 2.45) is 0 Å². The molecule has 1 aromatic carbocycles. The number of methoxy groups -OCH3 is 2. The summed E-state index contributed by atoms with van der Waals surface area (Å²) < 4.78 is 10.3. The molecule has 0 aliphatic heterocycles. The lowest BCUT2D eigenvalue weighted by molar-refractivity contribution is -0.116. The first-order valence-corrected chi connectivity index (χ1v) is 6.43. The molecule has 0 spiro atoms. The molecule has 1 rings (SSSR count). The number of hydrogen-bond acceptors (Lipinski definition) is 4. The Labute approximate surface area is 114 Å². The molecule has 5 heteroatoms. The van der Waals surface area contributed by atoms with E-state index in [1.54, 1.807) is 32.4 Å². The van der Waals surface area contributed by atoms with Crippen molar-refractivity contribution >= 4 is 11.6 Å². The Morgan fingerprint density at radius 2 is 1.95 bits per heavy atom. The van der Waals surface area contributed by atoms with Gasteiger partial charge in [-0.15, -0.1) is 0 Å². The molecule has 0 saturated carbocycles. The number of ether oxygens (including phenoxy) is 2. The average Bonchev–Trinajstić information content (AvgIpc) is 2.43. The molecule has 0 saturated heterocycles. The topological polar surface area (TPSA) is 59.6 Å². The smallest absolute Gasteiger partial charge is 0.224 e. The van der Waals surface area contributed by atoms with Gasteiger partial charge in [0.2, 0.25) is 5.91 Å². The first-order valence-electron chi connectivity index (χ1n) is 6.43. The number of amides is 1. The summed E-state index contributed by atoms with van der Waals surface area (Å²) in [5.74, 6) is 1.26. The van der Waals surface area contributed by atoms with E-state index in [4.69, 9.17) is 9.47 Å². The van der Waals surface area contributed by atoms with Crippen LogP contribution in [0.3, 0.4) is 0 Å². The zero-order chi connectivity index (χ0) is 14.1. The third-order valence-corrected chi connectivity index (χ3v) is 2.67. The van der Waals surface area contributed by atoms with Gasteiger partial charge >= 0.3 is 0 Å². The number of benzene rings is 1. The van der Waals surface area contributed by atoms with Crippen LogP contribution in [0.15, 0.2) is 18.2 Å². The fraction of sp³-hybridized carbons (Fsp3) is 0.500. The highest BCUT2D eigenvalue weighted by Crippen LogP contribution is 2.29. The van der Waals surface area contributed by atoms with E-state index in [0.29, 0.717) is 23.6 Å². The first kappa shape index (κ1) is 15.3. The van der Waals surface area contributed by atoms with Crippen LogP contribution in [0.1, 0.15) is 19.8 Å². The molecule has 1 aromatic rings. The highest BCUT2D eigenvalue weighted by atomic mass is 16.5. The van der Waals surface area contributed by atoms with Crippen molar-refractivity contribution in [1.82, 2.24) is 5.32 Å². The van der Waals surface area contributed by atoms with Crippen LogP contribution in [0.5, 0.6) is 11.5 Å². The van der Waals surface area contributed by atoms with Crippen LogP contribution in [0, 0.1) is 0 Å². The molecule has 1 amide bonds. The maximum absolute atomic E-state index is 11.7. The van der Waals surface area contributed by atoms with Gasteiger partial charge in [-0.25, -0.2) is 0 Å². The van der Waals surface area contributed by atoms with Crippen molar-refractivity contribution in [2.75, 3.05) is 32.6 Å².